The Morgan fingerprint density at radius 3 is 2.56 bits per heavy atom. The maximum absolute atomic E-state index is 11.5. The zero-order valence-electron chi connectivity index (χ0n) is 10.5. The number of imide groups is 1. The zero-order valence-corrected chi connectivity index (χ0v) is 10.5. The fourth-order valence-corrected chi connectivity index (χ4v) is 1.86. The van der Waals surface area contributed by atoms with Crippen LogP contribution in [0.3, 0.4) is 0 Å². The van der Waals surface area contributed by atoms with Crippen LogP contribution in [0.25, 0.3) is 0 Å². The third-order valence-electron chi connectivity index (χ3n) is 2.88. The van der Waals surface area contributed by atoms with Crippen molar-refractivity contribution in [1.82, 2.24) is 9.88 Å². The predicted octanol–water partition coefficient (Wildman–Crippen LogP) is 1.55. The summed E-state index contributed by atoms with van der Waals surface area (Å²) in [6.07, 6.45) is 3.42. The smallest absolute Gasteiger partial charge is 0.229 e. The first-order chi connectivity index (χ1) is 8.70. The van der Waals surface area contributed by atoms with Gasteiger partial charge in [-0.15, -0.1) is 0 Å². The van der Waals surface area contributed by atoms with Crippen LogP contribution >= 0.6 is 0 Å². The second kappa shape index (κ2) is 5.62. The first kappa shape index (κ1) is 12.5. The molecule has 1 aliphatic rings. The van der Waals surface area contributed by atoms with Crippen LogP contribution in [-0.2, 0) is 16.1 Å². The van der Waals surface area contributed by atoms with Crippen molar-refractivity contribution in [1.29, 1.82) is 0 Å². The molecular formula is C13H17N3O2. The Morgan fingerprint density at radius 2 is 2.00 bits per heavy atom. The number of nitrogens with zero attached hydrogens (tertiary/aromatic N) is 2. The number of hydrogen-bond acceptors (Lipinski definition) is 4. The molecule has 2 amide bonds. The molecule has 0 aliphatic carbocycles. The molecule has 0 aromatic carbocycles. The average Bonchev–Trinajstić information content (AvgIpc) is 2.70. The van der Waals surface area contributed by atoms with Gasteiger partial charge in [-0.3, -0.25) is 14.5 Å². The van der Waals surface area contributed by atoms with Gasteiger partial charge in [-0.25, -0.2) is 4.98 Å². The second-order valence-corrected chi connectivity index (χ2v) is 4.35. The molecule has 96 valence electrons. The van der Waals surface area contributed by atoms with E-state index in [0.717, 1.165) is 24.3 Å². The molecule has 1 saturated heterocycles. The largest absolute Gasteiger partial charge is 0.370 e. The Morgan fingerprint density at radius 1 is 1.28 bits per heavy atom. The summed E-state index contributed by atoms with van der Waals surface area (Å²) in [6, 6.07) is 3.76. The van der Waals surface area contributed by atoms with Crippen LogP contribution in [-0.4, -0.2) is 28.2 Å². The van der Waals surface area contributed by atoms with Crippen LogP contribution in [0.2, 0.25) is 0 Å². The normalized spacial score (nSPS) is 15.3. The summed E-state index contributed by atoms with van der Waals surface area (Å²) in [6.45, 7) is 3.31. The Labute approximate surface area is 106 Å². The van der Waals surface area contributed by atoms with Gasteiger partial charge in [0.1, 0.15) is 5.82 Å². The van der Waals surface area contributed by atoms with E-state index in [2.05, 4.69) is 17.2 Å². The van der Waals surface area contributed by atoms with Gasteiger partial charge in [0.15, 0.2) is 0 Å². The van der Waals surface area contributed by atoms with Gasteiger partial charge < -0.3 is 5.32 Å². The minimum absolute atomic E-state index is 0.0896. The quantitative estimate of drug-likeness (QED) is 0.802. The summed E-state index contributed by atoms with van der Waals surface area (Å²) in [4.78, 5) is 28.5. The number of likely N-dealkylation sites (tertiary alicyclic amines) is 1. The number of amides is 2. The van der Waals surface area contributed by atoms with Gasteiger partial charge in [-0.05, 0) is 18.1 Å². The molecule has 0 spiro atoms. The monoisotopic (exact) mass is 247 g/mol. The van der Waals surface area contributed by atoms with Crippen LogP contribution in [0.4, 0.5) is 5.82 Å². The minimum Gasteiger partial charge on any atom is -0.370 e. The maximum atomic E-state index is 11.5. The standard InChI is InChI=1S/C13H17N3O2/c1-2-7-14-11-4-3-10(8-15-11)9-16-12(17)5-6-13(16)18/h3-4,8H,2,5-7,9H2,1H3,(H,14,15). The molecule has 0 atom stereocenters. The van der Waals surface area contributed by atoms with E-state index in [0.29, 0.717) is 19.4 Å². The Bertz CT molecular complexity index is 426. The highest BCUT2D eigenvalue weighted by Crippen LogP contribution is 2.16. The topological polar surface area (TPSA) is 62.3 Å². The Hall–Kier alpha value is -1.91. The maximum Gasteiger partial charge on any atom is 0.229 e. The molecule has 5 heteroatoms. The molecule has 2 heterocycles. The van der Waals surface area contributed by atoms with Crippen molar-refractivity contribution >= 4 is 17.6 Å². The van der Waals surface area contributed by atoms with Crippen LogP contribution in [0, 0.1) is 0 Å². The van der Waals surface area contributed by atoms with Crippen molar-refractivity contribution in [3.63, 3.8) is 0 Å². The minimum atomic E-state index is -0.0896. The van der Waals surface area contributed by atoms with Crippen molar-refractivity contribution in [2.45, 2.75) is 32.7 Å². The molecule has 1 aliphatic heterocycles. The molecule has 18 heavy (non-hydrogen) atoms. The van der Waals surface area contributed by atoms with Crippen LogP contribution in [0.1, 0.15) is 31.7 Å². The van der Waals surface area contributed by atoms with Gasteiger partial charge in [0, 0.05) is 25.6 Å². The summed E-state index contributed by atoms with van der Waals surface area (Å²) < 4.78 is 0. The molecule has 1 fully saturated rings. The SMILES string of the molecule is CCCNc1ccc(CN2C(=O)CCC2=O)cn1. The molecule has 0 radical (unpaired) electrons. The van der Waals surface area contributed by atoms with Crippen molar-refractivity contribution in [2.24, 2.45) is 0 Å². The highest BCUT2D eigenvalue weighted by Gasteiger charge is 2.28. The fourth-order valence-electron chi connectivity index (χ4n) is 1.86. The highest BCUT2D eigenvalue weighted by molar-refractivity contribution is 6.01. The van der Waals surface area contributed by atoms with E-state index >= 15 is 0 Å². The fraction of sp³-hybridized carbons (Fsp3) is 0.462. The average molecular weight is 247 g/mol. The molecule has 2 rings (SSSR count). The molecule has 0 saturated carbocycles. The molecule has 1 aromatic heterocycles. The molecule has 0 bridgehead atoms. The Balaban J connectivity index is 1.97. The van der Waals surface area contributed by atoms with E-state index in [-0.39, 0.29) is 11.8 Å². The zero-order chi connectivity index (χ0) is 13.0. The lowest BCUT2D eigenvalue weighted by Gasteiger charge is -2.13. The number of carbonyl (C=O) groups is 2. The third kappa shape index (κ3) is 2.85. The van der Waals surface area contributed by atoms with Crippen LogP contribution in [0.5, 0.6) is 0 Å². The van der Waals surface area contributed by atoms with E-state index in [1.165, 1.54) is 4.90 Å². The molecule has 5 nitrogen and oxygen atoms in total. The molecular weight excluding hydrogens is 230 g/mol. The number of aromatic nitrogens is 1. The Kier molecular flexibility index (Phi) is 3.92. The molecule has 1 aromatic rings. The predicted molar refractivity (Wildman–Crippen MR) is 67.8 cm³/mol. The number of anilines is 1. The van der Waals surface area contributed by atoms with E-state index in [1.54, 1.807) is 6.20 Å². The van der Waals surface area contributed by atoms with Gasteiger partial charge in [-0.2, -0.15) is 0 Å². The lowest BCUT2D eigenvalue weighted by atomic mass is 10.2. The lowest BCUT2D eigenvalue weighted by molar-refractivity contribution is -0.139. The summed E-state index contributed by atoms with van der Waals surface area (Å²) in [5.41, 5.74) is 0.876. The van der Waals surface area contributed by atoms with Crippen LogP contribution < -0.4 is 5.32 Å². The summed E-state index contributed by atoms with van der Waals surface area (Å²) in [5.74, 6) is 0.640. The van der Waals surface area contributed by atoms with Crippen molar-refractivity contribution in [3.05, 3.63) is 23.9 Å². The van der Waals surface area contributed by atoms with E-state index < -0.39 is 0 Å². The van der Waals surface area contributed by atoms with Crippen LogP contribution in [0.15, 0.2) is 18.3 Å². The first-order valence-corrected chi connectivity index (χ1v) is 6.22. The van der Waals surface area contributed by atoms with Gasteiger partial charge >= 0.3 is 0 Å². The van der Waals surface area contributed by atoms with E-state index in [1.807, 2.05) is 12.1 Å². The summed E-state index contributed by atoms with van der Waals surface area (Å²) >= 11 is 0. The van der Waals surface area contributed by atoms with Crippen molar-refractivity contribution in [2.75, 3.05) is 11.9 Å². The summed E-state index contributed by atoms with van der Waals surface area (Å²) in [7, 11) is 0. The lowest BCUT2D eigenvalue weighted by Crippen LogP contribution is -2.28. The van der Waals surface area contributed by atoms with Gasteiger partial charge in [-0.1, -0.05) is 13.0 Å². The van der Waals surface area contributed by atoms with Gasteiger partial charge in [0.2, 0.25) is 11.8 Å². The number of rotatable bonds is 5. The van der Waals surface area contributed by atoms with Crippen molar-refractivity contribution in [3.8, 4) is 0 Å². The first-order valence-electron chi connectivity index (χ1n) is 6.22. The van der Waals surface area contributed by atoms with E-state index in [4.69, 9.17) is 0 Å². The number of carbonyl (C=O) groups excluding carboxylic acids is 2. The van der Waals surface area contributed by atoms with Gasteiger partial charge in [0.05, 0.1) is 6.54 Å². The highest BCUT2D eigenvalue weighted by atomic mass is 16.2. The summed E-state index contributed by atoms with van der Waals surface area (Å²) in [5, 5.41) is 3.17. The third-order valence-corrected chi connectivity index (χ3v) is 2.88. The molecule has 1 N–H and O–H groups in total. The number of nitrogens with one attached hydrogen (secondary N) is 1. The molecule has 0 unspecified atom stereocenters. The second-order valence-electron chi connectivity index (χ2n) is 4.35. The van der Waals surface area contributed by atoms with Crippen molar-refractivity contribution < 1.29 is 9.59 Å². The number of pyridine rings is 1. The van der Waals surface area contributed by atoms with Gasteiger partial charge in [0.25, 0.3) is 0 Å². The number of hydrogen-bond donors (Lipinski definition) is 1. The van der Waals surface area contributed by atoms with E-state index in [9.17, 15) is 9.59 Å².